The number of methoxy groups -OCH3 is 1. The van der Waals surface area contributed by atoms with E-state index in [9.17, 15) is 8.42 Å². The number of benzene rings is 2. The highest BCUT2D eigenvalue weighted by Crippen LogP contribution is 2.53. The van der Waals surface area contributed by atoms with E-state index in [0.29, 0.717) is 10.8 Å². The highest BCUT2D eigenvalue weighted by Gasteiger charge is 2.48. The molecule has 4 heteroatoms. The molecule has 0 bridgehead atoms. The number of fused-ring (bicyclic) bond motifs is 1. The topological polar surface area (TPSA) is 43.4 Å². The first-order chi connectivity index (χ1) is 13.4. The lowest BCUT2D eigenvalue weighted by molar-refractivity contribution is 0.143. The van der Waals surface area contributed by atoms with Gasteiger partial charge in [0.25, 0.3) is 0 Å². The van der Waals surface area contributed by atoms with Crippen molar-refractivity contribution in [3.05, 3.63) is 70.8 Å². The van der Waals surface area contributed by atoms with Crippen molar-refractivity contribution >= 4 is 15.9 Å². The van der Waals surface area contributed by atoms with Crippen molar-refractivity contribution in [2.75, 3.05) is 13.4 Å². The highest BCUT2D eigenvalue weighted by atomic mass is 32.2. The van der Waals surface area contributed by atoms with Crippen molar-refractivity contribution in [2.45, 2.75) is 56.4 Å². The summed E-state index contributed by atoms with van der Waals surface area (Å²) in [7, 11) is -1.46. The Hall–Kier alpha value is -1.91. The molecule has 1 aliphatic rings. The Labute approximate surface area is 175 Å². The Morgan fingerprint density at radius 3 is 2.10 bits per heavy atom. The fourth-order valence-corrected chi connectivity index (χ4v) is 5.18. The van der Waals surface area contributed by atoms with Gasteiger partial charge in [-0.15, -0.1) is 0 Å². The van der Waals surface area contributed by atoms with Crippen LogP contribution >= 0.6 is 0 Å². The molecule has 1 aliphatic carbocycles. The van der Waals surface area contributed by atoms with Crippen LogP contribution in [-0.2, 0) is 25.4 Å². The molecule has 0 amide bonds. The zero-order valence-electron chi connectivity index (χ0n) is 18.5. The van der Waals surface area contributed by atoms with Crippen LogP contribution in [0, 0.1) is 5.92 Å². The van der Waals surface area contributed by atoms with E-state index in [2.05, 4.69) is 52.8 Å². The van der Waals surface area contributed by atoms with Crippen molar-refractivity contribution in [3.8, 4) is 0 Å². The first-order valence-corrected chi connectivity index (χ1v) is 11.9. The highest BCUT2D eigenvalue weighted by molar-refractivity contribution is 7.90. The predicted molar refractivity (Wildman–Crippen MR) is 120 cm³/mol. The average molecular weight is 413 g/mol. The molecule has 29 heavy (non-hydrogen) atoms. The molecule has 0 aromatic heterocycles. The van der Waals surface area contributed by atoms with Gasteiger partial charge in [0, 0.05) is 13.4 Å². The summed E-state index contributed by atoms with van der Waals surface area (Å²) in [6.45, 7) is 11.7. The van der Waals surface area contributed by atoms with E-state index in [4.69, 9.17) is 4.74 Å². The third-order valence-corrected chi connectivity index (χ3v) is 8.08. The van der Waals surface area contributed by atoms with E-state index in [0.717, 1.165) is 11.1 Å². The van der Waals surface area contributed by atoms with Gasteiger partial charge in [-0.05, 0) is 51.1 Å². The molecule has 3 rings (SSSR count). The number of sulfone groups is 1. The van der Waals surface area contributed by atoms with E-state index in [1.54, 1.807) is 19.2 Å². The maximum atomic E-state index is 11.6. The van der Waals surface area contributed by atoms with Gasteiger partial charge < -0.3 is 4.74 Å². The lowest BCUT2D eigenvalue weighted by atomic mass is 9.71. The summed E-state index contributed by atoms with van der Waals surface area (Å²) in [4.78, 5) is 0.329. The van der Waals surface area contributed by atoms with Gasteiger partial charge in [0.2, 0.25) is 0 Å². The monoisotopic (exact) mass is 412 g/mol. The maximum absolute atomic E-state index is 11.6. The molecule has 0 spiro atoms. The van der Waals surface area contributed by atoms with Gasteiger partial charge >= 0.3 is 0 Å². The Bertz CT molecular complexity index is 1030. The molecule has 3 nitrogen and oxygen atoms in total. The van der Waals surface area contributed by atoms with Gasteiger partial charge in [-0.2, -0.15) is 0 Å². The number of hydrogen-bond acceptors (Lipinski definition) is 3. The normalized spacial score (nSPS) is 21.3. The van der Waals surface area contributed by atoms with Gasteiger partial charge in [0.1, 0.15) is 6.10 Å². The average Bonchev–Trinajstić information content (AvgIpc) is 2.79. The largest absolute Gasteiger partial charge is 0.373 e. The summed E-state index contributed by atoms with van der Waals surface area (Å²) in [6.07, 6.45) is 5.06. The standard InChI is InChI=1S/C25H32O3S/c1-17-24(2,3)21-14-11-19(16-22(21)25(17,4)5)23(28-6)15-10-18-8-12-20(13-9-18)29(7,26)27/h8-17,23H,1-7H3. The van der Waals surface area contributed by atoms with Gasteiger partial charge in [0.15, 0.2) is 9.84 Å². The number of rotatable bonds is 5. The third-order valence-electron chi connectivity index (χ3n) is 6.95. The molecular weight excluding hydrogens is 380 g/mol. The summed E-state index contributed by atoms with van der Waals surface area (Å²) in [5.41, 5.74) is 5.16. The van der Waals surface area contributed by atoms with Crippen molar-refractivity contribution in [3.63, 3.8) is 0 Å². The molecule has 0 heterocycles. The number of hydrogen-bond donors (Lipinski definition) is 0. The second-order valence-electron chi connectivity index (χ2n) is 9.33. The van der Waals surface area contributed by atoms with Crippen molar-refractivity contribution in [1.29, 1.82) is 0 Å². The lowest BCUT2D eigenvalue weighted by Crippen LogP contribution is -2.30. The molecule has 0 fully saturated rings. The summed E-state index contributed by atoms with van der Waals surface area (Å²) in [5.74, 6) is 0.546. The second kappa shape index (κ2) is 7.41. The zero-order chi connectivity index (χ0) is 21.6. The molecule has 2 atom stereocenters. The fraction of sp³-hybridized carbons (Fsp3) is 0.440. The quantitative estimate of drug-likeness (QED) is 0.633. The van der Waals surface area contributed by atoms with Crippen molar-refractivity contribution in [1.82, 2.24) is 0 Å². The Kier molecular flexibility index (Phi) is 5.57. The van der Waals surface area contributed by atoms with Crippen LogP contribution in [0.25, 0.3) is 6.08 Å². The molecule has 0 N–H and O–H groups in total. The maximum Gasteiger partial charge on any atom is 0.175 e. The van der Waals surface area contributed by atoms with Gasteiger partial charge in [-0.25, -0.2) is 8.42 Å². The van der Waals surface area contributed by atoms with Crippen molar-refractivity contribution in [2.24, 2.45) is 5.92 Å². The van der Waals surface area contributed by atoms with E-state index in [1.807, 2.05) is 24.3 Å². The van der Waals surface area contributed by atoms with Gasteiger partial charge in [-0.1, -0.05) is 77.1 Å². The second-order valence-corrected chi connectivity index (χ2v) is 11.3. The summed E-state index contributed by atoms with van der Waals surface area (Å²) in [6, 6.07) is 13.6. The van der Waals surface area contributed by atoms with Crippen LogP contribution in [0.5, 0.6) is 0 Å². The third kappa shape index (κ3) is 3.93. The molecule has 0 aliphatic heterocycles. The lowest BCUT2D eigenvalue weighted by Gasteiger charge is -2.32. The molecular formula is C25H32O3S. The first kappa shape index (κ1) is 21.8. The smallest absolute Gasteiger partial charge is 0.175 e. The van der Waals surface area contributed by atoms with Crippen LogP contribution in [0.1, 0.15) is 63.0 Å². The van der Waals surface area contributed by atoms with Crippen LogP contribution < -0.4 is 0 Å². The van der Waals surface area contributed by atoms with Crippen LogP contribution in [0.3, 0.4) is 0 Å². The molecule has 0 radical (unpaired) electrons. The Morgan fingerprint density at radius 1 is 0.966 bits per heavy atom. The molecule has 2 aromatic carbocycles. The Balaban J connectivity index is 1.90. The predicted octanol–water partition coefficient (Wildman–Crippen LogP) is 5.70. The van der Waals surface area contributed by atoms with E-state index < -0.39 is 9.84 Å². The molecule has 0 saturated heterocycles. The summed E-state index contributed by atoms with van der Waals surface area (Å²) < 4.78 is 29.0. The minimum absolute atomic E-state index is 0.109. The first-order valence-electron chi connectivity index (χ1n) is 10.0. The summed E-state index contributed by atoms with van der Waals surface area (Å²) in [5, 5.41) is 0. The molecule has 156 valence electrons. The van der Waals surface area contributed by atoms with Gasteiger partial charge in [-0.3, -0.25) is 0 Å². The van der Waals surface area contributed by atoms with Crippen LogP contribution in [0.4, 0.5) is 0 Å². The van der Waals surface area contributed by atoms with E-state index >= 15 is 0 Å². The Morgan fingerprint density at radius 2 is 1.55 bits per heavy atom. The SMILES string of the molecule is COC(C=Cc1ccc(S(C)(=O)=O)cc1)c1ccc2c(c1)C(C)(C)C(C)C2(C)C. The zero-order valence-corrected chi connectivity index (χ0v) is 19.3. The summed E-state index contributed by atoms with van der Waals surface area (Å²) >= 11 is 0. The minimum Gasteiger partial charge on any atom is -0.373 e. The molecule has 2 unspecified atom stereocenters. The van der Waals surface area contributed by atoms with E-state index in [-0.39, 0.29) is 16.9 Å². The number of ether oxygens (including phenoxy) is 1. The fourth-order valence-electron chi connectivity index (χ4n) is 4.55. The minimum atomic E-state index is -3.18. The molecule has 0 saturated carbocycles. The van der Waals surface area contributed by atoms with Crippen LogP contribution in [0.2, 0.25) is 0 Å². The van der Waals surface area contributed by atoms with Crippen LogP contribution in [0.15, 0.2) is 53.4 Å². The van der Waals surface area contributed by atoms with E-state index in [1.165, 1.54) is 17.4 Å². The van der Waals surface area contributed by atoms with Crippen molar-refractivity contribution < 1.29 is 13.2 Å². The molecule has 2 aromatic rings. The van der Waals surface area contributed by atoms with Gasteiger partial charge in [0.05, 0.1) is 4.90 Å². The van der Waals surface area contributed by atoms with Crippen LogP contribution in [-0.4, -0.2) is 21.8 Å².